The Kier molecular flexibility index (Phi) is 2.83. The third-order valence-electron chi connectivity index (χ3n) is 2.27. The highest BCUT2D eigenvalue weighted by Crippen LogP contribution is 2.17. The van der Waals surface area contributed by atoms with Crippen LogP contribution in [0.1, 0.15) is 18.1 Å². The van der Waals surface area contributed by atoms with E-state index in [4.69, 9.17) is 4.74 Å². The first-order valence-corrected chi connectivity index (χ1v) is 5.62. The Morgan fingerprint density at radius 1 is 1.50 bits per heavy atom. The molecule has 1 heterocycles. The van der Waals surface area contributed by atoms with Crippen molar-refractivity contribution in [3.8, 4) is 0 Å². The quantitative estimate of drug-likeness (QED) is 0.681. The molecule has 1 aliphatic heterocycles. The molecule has 1 aliphatic rings. The zero-order valence-electron chi connectivity index (χ0n) is 8.23. The van der Waals surface area contributed by atoms with Gasteiger partial charge in [-0.15, -0.1) is 9.24 Å². The van der Waals surface area contributed by atoms with Crippen molar-refractivity contribution in [3.63, 3.8) is 0 Å². The highest BCUT2D eigenvalue weighted by Gasteiger charge is 2.17. The zero-order chi connectivity index (χ0) is 9.97. The van der Waals surface area contributed by atoms with E-state index in [1.807, 2.05) is 12.1 Å². The van der Waals surface area contributed by atoms with Gasteiger partial charge in [0.2, 0.25) is 5.90 Å². The maximum absolute atomic E-state index is 5.53. The molecule has 1 aromatic rings. The van der Waals surface area contributed by atoms with E-state index < -0.39 is 0 Å². The molecule has 0 amide bonds. The maximum atomic E-state index is 5.53. The van der Waals surface area contributed by atoms with Crippen molar-refractivity contribution in [3.05, 3.63) is 35.4 Å². The van der Waals surface area contributed by atoms with Crippen LogP contribution in [0.5, 0.6) is 0 Å². The largest absolute Gasteiger partial charge is 0.475 e. The fraction of sp³-hybridized carbons (Fsp3) is 0.364. The number of hydrogen-bond acceptors (Lipinski definition) is 2. The van der Waals surface area contributed by atoms with E-state index in [0.717, 1.165) is 17.6 Å². The van der Waals surface area contributed by atoms with Gasteiger partial charge in [-0.3, -0.25) is 0 Å². The van der Waals surface area contributed by atoms with E-state index >= 15 is 0 Å². The number of rotatable bonds is 2. The van der Waals surface area contributed by atoms with E-state index in [1.54, 1.807) is 0 Å². The summed E-state index contributed by atoms with van der Waals surface area (Å²) in [5.74, 6) is 0.801. The van der Waals surface area contributed by atoms with E-state index in [1.165, 1.54) is 5.56 Å². The first-order valence-electron chi connectivity index (χ1n) is 4.80. The van der Waals surface area contributed by atoms with Gasteiger partial charge < -0.3 is 4.74 Å². The summed E-state index contributed by atoms with van der Waals surface area (Å²) < 4.78 is 5.53. The van der Waals surface area contributed by atoms with Gasteiger partial charge in [0.1, 0.15) is 6.61 Å². The summed E-state index contributed by atoms with van der Waals surface area (Å²) in [6.45, 7) is 2.77. The van der Waals surface area contributed by atoms with Crippen molar-refractivity contribution in [2.24, 2.45) is 4.99 Å². The second-order valence-corrected chi connectivity index (χ2v) is 3.86. The SMILES string of the molecule is CC1COC(c2ccccc2CP)=N1. The molecular weight excluding hydrogens is 193 g/mol. The van der Waals surface area contributed by atoms with Crippen LogP contribution < -0.4 is 0 Å². The third kappa shape index (κ3) is 1.80. The number of aliphatic imine (C=N–C) groups is 1. The first-order chi connectivity index (χ1) is 6.81. The van der Waals surface area contributed by atoms with Crippen LogP contribution in [0.25, 0.3) is 0 Å². The van der Waals surface area contributed by atoms with Gasteiger partial charge in [-0.1, -0.05) is 18.2 Å². The maximum Gasteiger partial charge on any atom is 0.216 e. The van der Waals surface area contributed by atoms with Gasteiger partial charge in [0.15, 0.2) is 0 Å². The molecule has 0 aliphatic carbocycles. The average molecular weight is 207 g/mol. The van der Waals surface area contributed by atoms with E-state index in [0.29, 0.717) is 12.6 Å². The predicted molar refractivity (Wildman–Crippen MR) is 61.8 cm³/mol. The van der Waals surface area contributed by atoms with Crippen molar-refractivity contribution >= 4 is 15.1 Å². The smallest absolute Gasteiger partial charge is 0.216 e. The van der Waals surface area contributed by atoms with Crippen molar-refractivity contribution in [2.75, 3.05) is 6.61 Å². The van der Waals surface area contributed by atoms with Crippen LogP contribution in [-0.4, -0.2) is 18.5 Å². The molecule has 0 aromatic heterocycles. The summed E-state index contributed by atoms with van der Waals surface area (Å²) >= 11 is 0. The number of nitrogens with zero attached hydrogens (tertiary/aromatic N) is 1. The Bertz CT molecular complexity index is 362. The second-order valence-electron chi connectivity index (χ2n) is 3.46. The minimum Gasteiger partial charge on any atom is -0.475 e. The van der Waals surface area contributed by atoms with Crippen LogP contribution in [0, 0.1) is 0 Å². The highest BCUT2D eigenvalue weighted by atomic mass is 31.0. The lowest BCUT2D eigenvalue weighted by atomic mass is 10.1. The first kappa shape index (κ1) is 9.67. The van der Waals surface area contributed by atoms with Gasteiger partial charge in [-0.2, -0.15) is 0 Å². The molecule has 1 aromatic carbocycles. The molecule has 2 rings (SSSR count). The molecule has 2 nitrogen and oxygen atoms in total. The Balaban J connectivity index is 2.36. The molecular formula is C11H14NOP. The molecule has 14 heavy (non-hydrogen) atoms. The van der Waals surface area contributed by atoms with E-state index in [-0.39, 0.29) is 0 Å². The predicted octanol–water partition coefficient (Wildman–Crippen LogP) is 2.23. The lowest BCUT2D eigenvalue weighted by Gasteiger charge is -2.06. The van der Waals surface area contributed by atoms with Gasteiger partial charge in [-0.25, -0.2) is 4.99 Å². The van der Waals surface area contributed by atoms with Gasteiger partial charge >= 0.3 is 0 Å². The fourth-order valence-electron chi connectivity index (χ4n) is 1.53. The molecule has 0 spiro atoms. The van der Waals surface area contributed by atoms with Gasteiger partial charge in [0.05, 0.1) is 6.04 Å². The molecule has 2 unspecified atom stereocenters. The van der Waals surface area contributed by atoms with E-state index in [2.05, 4.69) is 33.3 Å². The van der Waals surface area contributed by atoms with Crippen LogP contribution in [0.4, 0.5) is 0 Å². The molecule has 0 radical (unpaired) electrons. The number of benzene rings is 1. The van der Waals surface area contributed by atoms with Gasteiger partial charge in [0.25, 0.3) is 0 Å². The van der Waals surface area contributed by atoms with Gasteiger partial charge in [0, 0.05) is 5.56 Å². The van der Waals surface area contributed by atoms with Crippen molar-refractivity contribution in [1.29, 1.82) is 0 Å². The summed E-state index contributed by atoms with van der Waals surface area (Å²) in [6.07, 6.45) is 0.937. The minimum absolute atomic E-state index is 0.294. The van der Waals surface area contributed by atoms with Crippen molar-refractivity contribution < 1.29 is 4.74 Å². The molecule has 0 saturated carbocycles. The van der Waals surface area contributed by atoms with Crippen LogP contribution in [0.15, 0.2) is 29.3 Å². The molecule has 2 atom stereocenters. The number of hydrogen-bond donors (Lipinski definition) is 0. The Morgan fingerprint density at radius 2 is 2.29 bits per heavy atom. The Hall–Kier alpha value is -0.880. The Labute approximate surface area is 86.6 Å². The van der Waals surface area contributed by atoms with Crippen LogP contribution in [-0.2, 0) is 10.9 Å². The summed E-state index contributed by atoms with van der Waals surface area (Å²) in [5.41, 5.74) is 2.40. The molecule has 0 fully saturated rings. The lowest BCUT2D eigenvalue weighted by molar-refractivity contribution is 0.324. The Morgan fingerprint density at radius 3 is 2.93 bits per heavy atom. The molecule has 3 heteroatoms. The third-order valence-corrected chi connectivity index (χ3v) is 2.71. The van der Waals surface area contributed by atoms with E-state index in [9.17, 15) is 0 Å². The van der Waals surface area contributed by atoms with Gasteiger partial charge in [-0.05, 0) is 24.7 Å². The fourth-order valence-corrected chi connectivity index (χ4v) is 1.88. The summed E-state index contributed by atoms with van der Waals surface area (Å²) in [5, 5.41) is 0. The normalized spacial score (nSPS) is 20.4. The van der Waals surface area contributed by atoms with Crippen LogP contribution in [0.2, 0.25) is 0 Å². The second kappa shape index (κ2) is 4.10. The standard InChI is InChI=1S/C11H14NOP/c1-8-6-13-11(12-8)10-5-3-2-4-9(10)7-14/h2-5,8H,6-7,14H2,1H3. The van der Waals surface area contributed by atoms with Crippen LogP contribution >= 0.6 is 9.24 Å². The van der Waals surface area contributed by atoms with Crippen molar-refractivity contribution in [2.45, 2.75) is 19.1 Å². The lowest BCUT2D eigenvalue weighted by Crippen LogP contribution is -2.04. The molecule has 0 saturated heterocycles. The zero-order valence-corrected chi connectivity index (χ0v) is 9.39. The highest BCUT2D eigenvalue weighted by molar-refractivity contribution is 7.15. The van der Waals surface area contributed by atoms with Crippen molar-refractivity contribution in [1.82, 2.24) is 0 Å². The molecule has 0 bridgehead atoms. The summed E-state index contributed by atoms with van der Waals surface area (Å²) in [7, 11) is 2.73. The minimum atomic E-state index is 0.294. The summed E-state index contributed by atoms with van der Waals surface area (Å²) in [6, 6.07) is 8.53. The average Bonchev–Trinajstić information content (AvgIpc) is 2.65. The number of ether oxygens (including phenoxy) is 1. The van der Waals surface area contributed by atoms with Crippen LogP contribution in [0.3, 0.4) is 0 Å². The topological polar surface area (TPSA) is 21.6 Å². The molecule has 74 valence electrons. The monoisotopic (exact) mass is 207 g/mol. The summed E-state index contributed by atoms with van der Waals surface area (Å²) in [4.78, 5) is 4.45. The molecule has 0 N–H and O–H groups in total.